The van der Waals surface area contributed by atoms with Gasteiger partial charge in [-0.05, 0) is 24.3 Å². The number of carbonyl (C=O) groups is 2. The Labute approximate surface area is 104 Å². The first-order chi connectivity index (χ1) is 8.66. The number of hydrogen-bond donors (Lipinski definition) is 2. The predicted octanol–water partition coefficient (Wildman–Crippen LogP) is 2.41. The third-order valence-corrected chi connectivity index (χ3v) is 2.45. The van der Waals surface area contributed by atoms with E-state index in [2.05, 4.69) is 5.32 Å². The SMILES string of the molecule is NC(=O)Nc1ccc(C(=O)c2ccccc2)cc1. The fourth-order valence-corrected chi connectivity index (χ4v) is 1.60. The lowest BCUT2D eigenvalue weighted by Crippen LogP contribution is -2.19. The van der Waals surface area contributed by atoms with Crippen LogP contribution in [0.15, 0.2) is 54.6 Å². The largest absolute Gasteiger partial charge is 0.351 e. The average molecular weight is 240 g/mol. The molecular formula is C14H12N2O2. The maximum atomic E-state index is 12.1. The second-order valence-electron chi connectivity index (χ2n) is 3.76. The third-order valence-electron chi connectivity index (χ3n) is 2.45. The Morgan fingerprint density at radius 1 is 0.833 bits per heavy atom. The molecule has 0 heterocycles. The smallest absolute Gasteiger partial charge is 0.316 e. The van der Waals surface area contributed by atoms with Crippen LogP contribution < -0.4 is 11.1 Å². The fourth-order valence-electron chi connectivity index (χ4n) is 1.60. The number of urea groups is 1. The topological polar surface area (TPSA) is 72.2 Å². The van der Waals surface area contributed by atoms with E-state index < -0.39 is 6.03 Å². The van der Waals surface area contributed by atoms with Gasteiger partial charge in [-0.3, -0.25) is 4.79 Å². The highest BCUT2D eigenvalue weighted by atomic mass is 16.2. The zero-order valence-corrected chi connectivity index (χ0v) is 9.59. The van der Waals surface area contributed by atoms with E-state index in [1.54, 1.807) is 36.4 Å². The lowest BCUT2D eigenvalue weighted by molar-refractivity contribution is 0.103. The van der Waals surface area contributed by atoms with Crippen LogP contribution in [0.5, 0.6) is 0 Å². The summed E-state index contributed by atoms with van der Waals surface area (Å²) in [5.41, 5.74) is 6.76. The van der Waals surface area contributed by atoms with Crippen molar-refractivity contribution in [1.82, 2.24) is 0 Å². The van der Waals surface area contributed by atoms with Crippen LogP contribution in [0.25, 0.3) is 0 Å². The lowest BCUT2D eigenvalue weighted by atomic mass is 10.0. The molecule has 90 valence electrons. The van der Waals surface area contributed by atoms with Crippen molar-refractivity contribution in [2.75, 3.05) is 5.32 Å². The molecule has 0 spiro atoms. The Balaban J connectivity index is 2.20. The molecule has 0 bridgehead atoms. The van der Waals surface area contributed by atoms with Gasteiger partial charge in [0.25, 0.3) is 0 Å². The fraction of sp³-hybridized carbons (Fsp3) is 0. The molecule has 2 rings (SSSR count). The number of nitrogens with one attached hydrogen (secondary N) is 1. The quantitative estimate of drug-likeness (QED) is 0.808. The highest BCUT2D eigenvalue weighted by Crippen LogP contribution is 2.13. The van der Waals surface area contributed by atoms with Gasteiger partial charge in [-0.15, -0.1) is 0 Å². The van der Waals surface area contributed by atoms with E-state index in [1.807, 2.05) is 18.2 Å². The van der Waals surface area contributed by atoms with Gasteiger partial charge in [0.1, 0.15) is 0 Å². The first kappa shape index (κ1) is 11.9. The van der Waals surface area contributed by atoms with E-state index in [-0.39, 0.29) is 5.78 Å². The van der Waals surface area contributed by atoms with Crippen LogP contribution in [0.2, 0.25) is 0 Å². The Kier molecular flexibility index (Phi) is 3.38. The minimum atomic E-state index is -0.628. The molecule has 0 atom stereocenters. The average Bonchev–Trinajstić information content (AvgIpc) is 2.39. The molecule has 0 aromatic heterocycles. The summed E-state index contributed by atoms with van der Waals surface area (Å²) in [5, 5.41) is 2.44. The zero-order chi connectivity index (χ0) is 13.0. The van der Waals surface area contributed by atoms with E-state index in [4.69, 9.17) is 5.73 Å². The summed E-state index contributed by atoms with van der Waals surface area (Å²) < 4.78 is 0. The van der Waals surface area contributed by atoms with Crippen molar-refractivity contribution < 1.29 is 9.59 Å². The molecule has 18 heavy (non-hydrogen) atoms. The molecule has 0 saturated heterocycles. The highest BCUT2D eigenvalue weighted by molar-refractivity contribution is 6.09. The van der Waals surface area contributed by atoms with Crippen molar-refractivity contribution in [2.24, 2.45) is 5.73 Å². The normalized spacial score (nSPS) is 9.78. The van der Waals surface area contributed by atoms with Gasteiger partial charge < -0.3 is 11.1 Å². The molecule has 4 nitrogen and oxygen atoms in total. The Morgan fingerprint density at radius 3 is 1.94 bits per heavy atom. The van der Waals surface area contributed by atoms with Gasteiger partial charge >= 0.3 is 6.03 Å². The number of amides is 2. The standard InChI is InChI=1S/C14H12N2O2/c15-14(18)16-12-8-6-11(7-9-12)13(17)10-4-2-1-3-5-10/h1-9H,(H3,15,16,18). The monoisotopic (exact) mass is 240 g/mol. The number of primary amides is 1. The molecule has 2 aromatic carbocycles. The number of carbonyl (C=O) groups excluding carboxylic acids is 2. The molecule has 0 unspecified atom stereocenters. The molecule has 0 radical (unpaired) electrons. The summed E-state index contributed by atoms with van der Waals surface area (Å²) in [6, 6.07) is 15.0. The van der Waals surface area contributed by atoms with Crippen molar-refractivity contribution >= 4 is 17.5 Å². The summed E-state index contributed by atoms with van der Waals surface area (Å²) in [6.45, 7) is 0. The number of benzene rings is 2. The number of nitrogens with two attached hydrogens (primary N) is 1. The van der Waals surface area contributed by atoms with Crippen LogP contribution in [0, 0.1) is 0 Å². The van der Waals surface area contributed by atoms with Crippen LogP contribution in [-0.2, 0) is 0 Å². The maximum Gasteiger partial charge on any atom is 0.316 e. The highest BCUT2D eigenvalue weighted by Gasteiger charge is 2.08. The van der Waals surface area contributed by atoms with Crippen LogP contribution in [0.1, 0.15) is 15.9 Å². The second-order valence-corrected chi connectivity index (χ2v) is 3.76. The zero-order valence-electron chi connectivity index (χ0n) is 9.59. The maximum absolute atomic E-state index is 12.1. The van der Waals surface area contributed by atoms with Gasteiger partial charge in [0.05, 0.1) is 0 Å². The third kappa shape index (κ3) is 2.74. The van der Waals surface area contributed by atoms with Gasteiger partial charge in [0.2, 0.25) is 0 Å². The number of ketones is 1. The van der Waals surface area contributed by atoms with E-state index in [0.717, 1.165) is 0 Å². The second kappa shape index (κ2) is 5.14. The minimum Gasteiger partial charge on any atom is -0.351 e. The van der Waals surface area contributed by atoms with Crippen LogP contribution in [-0.4, -0.2) is 11.8 Å². The van der Waals surface area contributed by atoms with Gasteiger partial charge in [-0.2, -0.15) is 0 Å². The van der Waals surface area contributed by atoms with Crippen LogP contribution in [0.3, 0.4) is 0 Å². The predicted molar refractivity (Wildman–Crippen MR) is 69.5 cm³/mol. The number of anilines is 1. The lowest BCUT2D eigenvalue weighted by Gasteiger charge is -2.04. The van der Waals surface area contributed by atoms with Crippen molar-refractivity contribution in [3.8, 4) is 0 Å². The molecule has 2 amide bonds. The molecule has 0 saturated carbocycles. The van der Waals surface area contributed by atoms with Gasteiger partial charge in [0, 0.05) is 16.8 Å². The van der Waals surface area contributed by atoms with Crippen molar-refractivity contribution in [1.29, 1.82) is 0 Å². The molecule has 0 fully saturated rings. The van der Waals surface area contributed by atoms with Crippen LogP contribution in [0.4, 0.5) is 10.5 Å². The van der Waals surface area contributed by atoms with Gasteiger partial charge in [0.15, 0.2) is 5.78 Å². The molecule has 3 N–H and O–H groups in total. The van der Waals surface area contributed by atoms with E-state index >= 15 is 0 Å². The molecule has 4 heteroatoms. The molecule has 0 aliphatic rings. The van der Waals surface area contributed by atoms with E-state index in [9.17, 15) is 9.59 Å². The summed E-state index contributed by atoms with van der Waals surface area (Å²) in [6.07, 6.45) is 0. The van der Waals surface area contributed by atoms with Gasteiger partial charge in [-0.25, -0.2) is 4.79 Å². The van der Waals surface area contributed by atoms with Crippen molar-refractivity contribution in [2.45, 2.75) is 0 Å². The molecule has 2 aromatic rings. The Hall–Kier alpha value is -2.62. The van der Waals surface area contributed by atoms with Gasteiger partial charge in [-0.1, -0.05) is 30.3 Å². The van der Waals surface area contributed by atoms with E-state index in [1.165, 1.54) is 0 Å². The van der Waals surface area contributed by atoms with Crippen molar-refractivity contribution in [3.05, 3.63) is 65.7 Å². The summed E-state index contributed by atoms with van der Waals surface area (Å²) in [7, 11) is 0. The summed E-state index contributed by atoms with van der Waals surface area (Å²) in [5.74, 6) is -0.0544. The first-order valence-electron chi connectivity index (χ1n) is 5.43. The number of hydrogen-bond acceptors (Lipinski definition) is 2. The minimum absolute atomic E-state index is 0.0544. The molecular weight excluding hydrogens is 228 g/mol. The Morgan fingerprint density at radius 2 is 1.39 bits per heavy atom. The first-order valence-corrected chi connectivity index (χ1v) is 5.43. The van der Waals surface area contributed by atoms with Crippen molar-refractivity contribution in [3.63, 3.8) is 0 Å². The number of rotatable bonds is 3. The molecule has 0 aliphatic carbocycles. The Bertz CT molecular complexity index is 562. The van der Waals surface area contributed by atoms with E-state index in [0.29, 0.717) is 16.8 Å². The summed E-state index contributed by atoms with van der Waals surface area (Å²) >= 11 is 0. The van der Waals surface area contributed by atoms with Crippen LogP contribution >= 0.6 is 0 Å². The summed E-state index contributed by atoms with van der Waals surface area (Å²) in [4.78, 5) is 22.7. The molecule has 0 aliphatic heterocycles.